The number of nitrogens with zero attached hydrogens (tertiary/aromatic N) is 4. The Balaban J connectivity index is 1.35. The van der Waals surface area contributed by atoms with Crippen molar-refractivity contribution in [2.24, 2.45) is 7.05 Å². The van der Waals surface area contributed by atoms with Crippen molar-refractivity contribution < 1.29 is 4.79 Å². The van der Waals surface area contributed by atoms with Crippen molar-refractivity contribution in [3.63, 3.8) is 0 Å². The molecule has 0 bridgehead atoms. The van der Waals surface area contributed by atoms with E-state index in [1.165, 1.54) is 5.39 Å². The van der Waals surface area contributed by atoms with Crippen LogP contribution in [0.5, 0.6) is 0 Å². The molecule has 1 unspecified atom stereocenters. The van der Waals surface area contributed by atoms with Crippen LogP contribution in [0.3, 0.4) is 0 Å². The van der Waals surface area contributed by atoms with Crippen LogP contribution in [0.25, 0.3) is 22.0 Å². The summed E-state index contributed by atoms with van der Waals surface area (Å²) in [5.41, 5.74) is 3.39. The number of hydrogen-bond acceptors (Lipinski definition) is 3. The van der Waals surface area contributed by atoms with Crippen LogP contribution in [0.15, 0.2) is 60.8 Å². The van der Waals surface area contributed by atoms with Gasteiger partial charge in [0.15, 0.2) is 0 Å². The fraction of sp³-hybridized carbons (Fsp3) is 0.261. The molecule has 3 heterocycles. The lowest BCUT2D eigenvalue weighted by Crippen LogP contribution is -2.39. The summed E-state index contributed by atoms with van der Waals surface area (Å²) in [5, 5.41) is 14.2. The lowest BCUT2D eigenvalue weighted by molar-refractivity contribution is 0.0699. The quantitative estimate of drug-likeness (QED) is 0.580. The van der Waals surface area contributed by atoms with E-state index < -0.39 is 0 Å². The first-order valence-electron chi connectivity index (χ1n) is 10.0. The SMILES string of the molecule is Cn1ccc(C2CCCN(C(=O)c3cc(-c4ccc5ccccc5c4)n[nH]3)C2)n1. The van der Waals surface area contributed by atoms with Crippen LogP contribution in [0, 0.1) is 0 Å². The molecular weight excluding hydrogens is 362 g/mol. The van der Waals surface area contributed by atoms with Gasteiger partial charge in [0, 0.05) is 37.8 Å². The predicted octanol–water partition coefficient (Wildman–Crippen LogP) is 3.98. The highest BCUT2D eigenvalue weighted by Gasteiger charge is 2.27. The zero-order valence-corrected chi connectivity index (χ0v) is 16.4. The van der Waals surface area contributed by atoms with Gasteiger partial charge in [0.25, 0.3) is 5.91 Å². The molecule has 29 heavy (non-hydrogen) atoms. The van der Waals surface area contributed by atoms with Crippen molar-refractivity contribution in [1.29, 1.82) is 0 Å². The summed E-state index contributed by atoms with van der Waals surface area (Å²) in [6.07, 6.45) is 4.01. The Hall–Kier alpha value is -3.41. The molecule has 1 fully saturated rings. The van der Waals surface area contributed by atoms with Crippen LogP contribution in [0.4, 0.5) is 0 Å². The molecule has 1 atom stereocenters. The van der Waals surface area contributed by atoms with Gasteiger partial charge in [0.1, 0.15) is 5.69 Å². The summed E-state index contributed by atoms with van der Waals surface area (Å²) in [6, 6.07) is 18.4. The number of carbonyl (C=O) groups excluding carboxylic acids is 1. The highest BCUT2D eigenvalue weighted by Crippen LogP contribution is 2.27. The summed E-state index contributed by atoms with van der Waals surface area (Å²) in [4.78, 5) is 15.0. The third kappa shape index (κ3) is 3.42. The highest BCUT2D eigenvalue weighted by atomic mass is 16.2. The molecule has 6 nitrogen and oxygen atoms in total. The maximum absolute atomic E-state index is 13.1. The first-order chi connectivity index (χ1) is 14.2. The number of aromatic amines is 1. The van der Waals surface area contributed by atoms with Gasteiger partial charge in [-0.1, -0.05) is 36.4 Å². The predicted molar refractivity (Wildman–Crippen MR) is 113 cm³/mol. The van der Waals surface area contributed by atoms with Gasteiger partial charge in [-0.2, -0.15) is 10.2 Å². The first kappa shape index (κ1) is 17.7. The smallest absolute Gasteiger partial charge is 0.271 e. The molecule has 5 rings (SSSR count). The maximum atomic E-state index is 13.1. The average molecular weight is 385 g/mol. The molecular formula is C23H23N5O. The monoisotopic (exact) mass is 385 g/mol. The number of H-pyrrole nitrogens is 1. The van der Waals surface area contributed by atoms with Crippen LogP contribution in [-0.2, 0) is 7.05 Å². The van der Waals surface area contributed by atoms with Crippen LogP contribution in [0.1, 0.15) is 34.9 Å². The Bertz CT molecular complexity index is 1170. The number of amides is 1. The minimum atomic E-state index is 0.00479. The fourth-order valence-corrected chi connectivity index (χ4v) is 4.15. The van der Waals surface area contributed by atoms with Gasteiger partial charge in [0.05, 0.1) is 11.4 Å². The second kappa shape index (κ2) is 7.20. The van der Waals surface area contributed by atoms with Gasteiger partial charge in [0.2, 0.25) is 0 Å². The molecule has 1 amide bonds. The number of aryl methyl sites for hydroxylation is 1. The molecule has 0 aliphatic carbocycles. The van der Waals surface area contributed by atoms with Crippen molar-refractivity contribution in [3.8, 4) is 11.3 Å². The van der Waals surface area contributed by atoms with Crippen molar-refractivity contribution >= 4 is 16.7 Å². The Morgan fingerprint density at radius 1 is 1.10 bits per heavy atom. The largest absolute Gasteiger partial charge is 0.337 e. The van der Waals surface area contributed by atoms with Gasteiger partial charge in [-0.25, -0.2) is 0 Å². The second-order valence-electron chi connectivity index (χ2n) is 7.73. The third-order valence-electron chi connectivity index (χ3n) is 5.71. The van der Waals surface area contributed by atoms with Crippen LogP contribution in [0.2, 0.25) is 0 Å². The number of likely N-dealkylation sites (tertiary alicyclic amines) is 1. The van der Waals surface area contributed by atoms with Crippen molar-refractivity contribution in [2.45, 2.75) is 18.8 Å². The molecule has 4 aromatic rings. The summed E-state index contributed by atoms with van der Waals surface area (Å²) < 4.78 is 1.82. The van der Waals surface area contributed by atoms with Gasteiger partial charge in [-0.3, -0.25) is 14.6 Å². The molecule has 2 aromatic heterocycles. The lowest BCUT2D eigenvalue weighted by atomic mass is 9.94. The molecule has 146 valence electrons. The third-order valence-corrected chi connectivity index (χ3v) is 5.71. The Kier molecular flexibility index (Phi) is 4.39. The van der Waals surface area contributed by atoms with Crippen LogP contribution >= 0.6 is 0 Å². The molecule has 0 saturated carbocycles. The van der Waals surface area contributed by atoms with Crippen molar-refractivity contribution in [1.82, 2.24) is 24.9 Å². The molecule has 1 N–H and O–H groups in total. The van der Waals surface area contributed by atoms with E-state index in [1.54, 1.807) is 0 Å². The van der Waals surface area contributed by atoms with E-state index in [2.05, 4.69) is 39.6 Å². The average Bonchev–Trinajstić information content (AvgIpc) is 3.42. The van der Waals surface area contributed by atoms with E-state index in [9.17, 15) is 4.79 Å². The minimum absolute atomic E-state index is 0.00479. The van der Waals surface area contributed by atoms with Gasteiger partial charge in [-0.05, 0) is 41.8 Å². The Labute approximate surface area is 169 Å². The number of aromatic nitrogens is 4. The van der Waals surface area contributed by atoms with E-state index in [1.807, 2.05) is 53.2 Å². The molecule has 6 heteroatoms. The Morgan fingerprint density at radius 3 is 2.79 bits per heavy atom. The van der Waals surface area contributed by atoms with E-state index >= 15 is 0 Å². The topological polar surface area (TPSA) is 66.8 Å². The fourth-order valence-electron chi connectivity index (χ4n) is 4.15. The van der Waals surface area contributed by atoms with E-state index in [0.29, 0.717) is 12.2 Å². The summed E-state index contributed by atoms with van der Waals surface area (Å²) in [7, 11) is 1.92. The van der Waals surface area contributed by atoms with Crippen molar-refractivity contribution in [3.05, 3.63) is 72.2 Å². The van der Waals surface area contributed by atoms with Crippen LogP contribution in [-0.4, -0.2) is 43.9 Å². The molecule has 1 aliphatic rings. The standard InChI is InChI=1S/C23H23N5O/c1-27-12-10-20(26-27)19-7-4-11-28(15-19)23(29)22-14-21(24-25-22)18-9-8-16-5-2-3-6-17(16)13-18/h2-3,5-6,8-10,12-14,19H,4,7,11,15H2,1H3,(H,24,25). The normalized spacial score (nSPS) is 17.0. The highest BCUT2D eigenvalue weighted by molar-refractivity contribution is 5.94. The zero-order chi connectivity index (χ0) is 19.8. The van der Waals surface area contributed by atoms with E-state index in [4.69, 9.17) is 0 Å². The zero-order valence-electron chi connectivity index (χ0n) is 16.4. The number of nitrogens with one attached hydrogen (secondary N) is 1. The summed E-state index contributed by atoms with van der Waals surface area (Å²) >= 11 is 0. The number of benzene rings is 2. The lowest BCUT2D eigenvalue weighted by Gasteiger charge is -2.31. The summed E-state index contributed by atoms with van der Waals surface area (Å²) in [6.45, 7) is 1.46. The van der Waals surface area contributed by atoms with E-state index in [-0.39, 0.29) is 11.8 Å². The minimum Gasteiger partial charge on any atom is -0.337 e. The molecule has 2 aromatic carbocycles. The van der Waals surface area contributed by atoms with Gasteiger partial charge in [-0.15, -0.1) is 0 Å². The maximum Gasteiger partial charge on any atom is 0.271 e. The molecule has 0 spiro atoms. The number of rotatable bonds is 3. The van der Waals surface area contributed by atoms with Crippen molar-refractivity contribution in [2.75, 3.05) is 13.1 Å². The molecule has 1 saturated heterocycles. The number of fused-ring (bicyclic) bond motifs is 1. The second-order valence-corrected chi connectivity index (χ2v) is 7.73. The number of hydrogen-bond donors (Lipinski definition) is 1. The van der Waals surface area contributed by atoms with Crippen LogP contribution < -0.4 is 0 Å². The van der Waals surface area contributed by atoms with Gasteiger partial charge >= 0.3 is 0 Å². The first-order valence-corrected chi connectivity index (χ1v) is 10.0. The summed E-state index contributed by atoms with van der Waals surface area (Å²) in [5.74, 6) is 0.293. The van der Waals surface area contributed by atoms with E-state index in [0.717, 1.165) is 41.7 Å². The molecule has 1 aliphatic heterocycles. The Morgan fingerprint density at radius 2 is 1.97 bits per heavy atom. The molecule has 0 radical (unpaired) electrons. The van der Waals surface area contributed by atoms with Gasteiger partial charge < -0.3 is 4.90 Å². The number of piperidine rings is 1. The number of carbonyl (C=O) groups is 1.